The van der Waals surface area contributed by atoms with Gasteiger partial charge >= 0.3 is 39.5 Å². The van der Waals surface area contributed by atoms with Gasteiger partial charge in [0, 0.05) is 25.7 Å². The van der Waals surface area contributed by atoms with E-state index in [1.165, 1.54) is 135 Å². The molecule has 0 aromatic heterocycles. The molecule has 17 nitrogen and oxygen atoms in total. The Labute approximate surface area is 561 Å². The lowest BCUT2D eigenvalue weighted by molar-refractivity contribution is -0.161. The molecule has 4 unspecified atom stereocenters. The van der Waals surface area contributed by atoms with Gasteiger partial charge in [0.05, 0.1) is 26.4 Å². The number of phosphoric acid groups is 2. The van der Waals surface area contributed by atoms with Gasteiger partial charge < -0.3 is 33.8 Å². The van der Waals surface area contributed by atoms with Crippen LogP contribution in [0.2, 0.25) is 0 Å². The summed E-state index contributed by atoms with van der Waals surface area (Å²) in [7, 11) is -9.92. The average Bonchev–Trinajstić information content (AvgIpc) is 1.59. The Balaban J connectivity index is 5.31. The quantitative estimate of drug-likeness (QED) is 0.0169. The Hall–Kier alpha value is -2.46. The zero-order valence-corrected chi connectivity index (χ0v) is 61.3. The zero-order valence-electron chi connectivity index (χ0n) is 59.5. The molecule has 0 spiro atoms. The molecule has 0 bridgehead atoms. The number of aliphatic hydroxyl groups excluding tert-OH is 1. The average molecular weight is 1350 g/mol. The third-order valence-corrected chi connectivity index (χ3v) is 18.9. The number of phosphoric ester groups is 2. The highest BCUT2D eigenvalue weighted by atomic mass is 31.2. The van der Waals surface area contributed by atoms with Crippen molar-refractivity contribution in [1.82, 2.24) is 0 Å². The molecule has 0 aromatic carbocycles. The van der Waals surface area contributed by atoms with Crippen molar-refractivity contribution in [3.63, 3.8) is 0 Å². The maximum Gasteiger partial charge on any atom is 0.472 e. The minimum atomic E-state index is -4.96. The second-order valence-corrected chi connectivity index (χ2v) is 29.5. The number of unbranched alkanes of at least 4 members (excludes halogenated alkanes) is 32. The van der Waals surface area contributed by atoms with Crippen molar-refractivity contribution in [2.45, 2.75) is 362 Å². The highest BCUT2D eigenvalue weighted by Gasteiger charge is 2.30. The number of allylic oxidation sites excluding steroid dienone is 4. The summed E-state index contributed by atoms with van der Waals surface area (Å²) >= 11 is 0. The molecule has 0 heterocycles. The molecule has 0 amide bonds. The van der Waals surface area contributed by atoms with Crippen LogP contribution in [0.25, 0.3) is 0 Å². The molecular weight excluding hydrogens is 1210 g/mol. The third kappa shape index (κ3) is 63.6. The molecule has 0 aliphatic carbocycles. The minimum absolute atomic E-state index is 0.0843. The Kier molecular flexibility index (Phi) is 61.6. The van der Waals surface area contributed by atoms with E-state index < -0.39 is 97.5 Å². The van der Waals surface area contributed by atoms with Gasteiger partial charge in [0.2, 0.25) is 0 Å². The standard InChI is InChI=1S/C73H138O17P2/c1-8-11-12-13-14-15-16-17-18-19-20-28-33-42-49-56-72(77)89-68(60-83-70(75)54-47-40-32-27-23-21-25-30-37-44-51-64(4)5)62-87-91(79,80)85-58-67(74)59-86-92(81,82)88-63-69(61-84-71(76)55-48-41-36-35-39-46-53-66(7)10-3)90-73(78)57-50-43-34-29-24-22-26-31-38-45-52-65(6)9-2/h15-18,64-69,74H,8-14,19-63H2,1-7H3,(H,79,80)(H,81,82)/b16-15-,18-17-/t65?,66?,67-,68-,69-/m1/s1. The Morgan fingerprint density at radius 3 is 0.967 bits per heavy atom. The second-order valence-electron chi connectivity index (χ2n) is 26.6. The first kappa shape index (κ1) is 89.5. The molecule has 0 aliphatic heterocycles. The predicted octanol–water partition coefficient (Wildman–Crippen LogP) is 20.6. The Bertz CT molecular complexity index is 1900. The van der Waals surface area contributed by atoms with Crippen LogP contribution in [0.4, 0.5) is 0 Å². The third-order valence-electron chi connectivity index (χ3n) is 17.0. The number of hydrogen-bond donors (Lipinski definition) is 3. The minimum Gasteiger partial charge on any atom is -0.462 e. The van der Waals surface area contributed by atoms with Gasteiger partial charge in [-0.2, -0.15) is 0 Å². The SMILES string of the molecule is CCCCCC/C=C\C=C/CCCCCCCC(=O)O[C@H](COC(=O)CCCCCCCCCCCCC(C)C)COP(=O)(O)OC[C@@H](O)COP(=O)(O)OC[C@@H](COC(=O)CCCCCCCCC(C)CC)OC(=O)CCCCCCCCCCCCC(C)CC. The number of ether oxygens (including phenoxy) is 4. The lowest BCUT2D eigenvalue weighted by Gasteiger charge is -2.21. The number of esters is 4. The van der Waals surface area contributed by atoms with Crippen molar-refractivity contribution in [3.05, 3.63) is 24.3 Å². The first-order valence-electron chi connectivity index (χ1n) is 37.2. The second kappa shape index (κ2) is 63.3. The largest absolute Gasteiger partial charge is 0.472 e. The lowest BCUT2D eigenvalue weighted by atomic mass is 9.99. The summed E-state index contributed by atoms with van der Waals surface area (Å²) in [4.78, 5) is 72.7. The fraction of sp³-hybridized carbons (Fsp3) is 0.890. The van der Waals surface area contributed by atoms with E-state index in [9.17, 15) is 43.2 Å². The molecule has 0 fully saturated rings. The van der Waals surface area contributed by atoms with Crippen molar-refractivity contribution in [2.75, 3.05) is 39.6 Å². The van der Waals surface area contributed by atoms with Crippen LogP contribution in [0.1, 0.15) is 344 Å². The topological polar surface area (TPSA) is 237 Å². The van der Waals surface area contributed by atoms with E-state index in [4.69, 9.17) is 37.0 Å². The molecule has 0 rings (SSSR count). The van der Waals surface area contributed by atoms with Crippen LogP contribution in [0.3, 0.4) is 0 Å². The van der Waals surface area contributed by atoms with Gasteiger partial charge in [-0.3, -0.25) is 37.3 Å². The molecule has 0 aliphatic rings. The smallest absolute Gasteiger partial charge is 0.462 e. The normalized spacial score (nSPS) is 14.9. The van der Waals surface area contributed by atoms with Gasteiger partial charge in [-0.15, -0.1) is 0 Å². The van der Waals surface area contributed by atoms with E-state index in [0.29, 0.717) is 25.7 Å². The van der Waals surface area contributed by atoms with Crippen molar-refractivity contribution in [3.8, 4) is 0 Å². The van der Waals surface area contributed by atoms with Crippen LogP contribution in [0.5, 0.6) is 0 Å². The fourth-order valence-electron chi connectivity index (χ4n) is 10.5. The van der Waals surface area contributed by atoms with Gasteiger partial charge in [-0.1, -0.05) is 291 Å². The van der Waals surface area contributed by atoms with Crippen LogP contribution in [0.15, 0.2) is 24.3 Å². The highest BCUT2D eigenvalue weighted by molar-refractivity contribution is 7.47. The first-order chi connectivity index (χ1) is 44.3. The zero-order chi connectivity index (χ0) is 68.0. The van der Waals surface area contributed by atoms with E-state index in [1.54, 1.807) is 0 Å². The van der Waals surface area contributed by atoms with Gasteiger partial charge in [0.1, 0.15) is 19.3 Å². The van der Waals surface area contributed by atoms with Crippen LogP contribution < -0.4 is 0 Å². The van der Waals surface area contributed by atoms with Gasteiger partial charge in [-0.25, -0.2) is 9.13 Å². The molecule has 0 saturated carbocycles. The van der Waals surface area contributed by atoms with Gasteiger partial charge in [-0.05, 0) is 69.1 Å². The maximum absolute atomic E-state index is 13.0. The first-order valence-corrected chi connectivity index (χ1v) is 40.2. The summed E-state index contributed by atoms with van der Waals surface area (Å²) in [6.45, 7) is 11.8. The van der Waals surface area contributed by atoms with Crippen molar-refractivity contribution in [2.24, 2.45) is 17.8 Å². The molecule has 19 heteroatoms. The van der Waals surface area contributed by atoms with E-state index in [0.717, 1.165) is 127 Å². The number of rotatable bonds is 69. The van der Waals surface area contributed by atoms with E-state index in [2.05, 4.69) is 72.8 Å². The summed E-state index contributed by atoms with van der Waals surface area (Å²) in [5.74, 6) is 0.132. The highest BCUT2D eigenvalue weighted by Crippen LogP contribution is 2.45. The lowest BCUT2D eigenvalue weighted by Crippen LogP contribution is -2.30. The maximum atomic E-state index is 13.0. The molecular formula is C73H138O17P2. The molecule has 0 aromatic rings. The summed E-state index contributed by atoms with van der Waals surface area (Å²) in [6, 6.07) is 0. The van der Waals surface area contributed by atoms with Gasteiger partial charge in [0.25, 0.3) is 0 Å². The van der Waals surface area contributed by atoms with E-state index in [-0.39, 0.29) is 25.7 Å². The van der Waals surface area contributed by atoms with Crippen molar-refractivity contribution in [1.29, 1.82) is 0 Å². The molecule has 542 valence electrons. The van der Waals surface area contributed by atoms with E-state index >= 15 is 0 Å². The molecule has 0 radical (unpaired) electrons. The number of hydrogen-bond acceptors (Lipinski definition) is 15. The molecule has 7 atom stereocenters. The van der Waals surface area contributed by atoms with Crippen LogP contribution in [-0.4, -0.2) is 96.7 Å². The van der Waals surface area contributed by atoms with E-state index in [1.807, 2.05) is 0 Å². The summed E-state index contributed by atoms with van der Waals surface area (Å²) < 4.78 is 68.4. The number of aliphatic hydroxyl groups is 1. The summed E-state index contributed by atoms with van der Waals surface area (Å²) in [5, 5.41) is 10.6. The molecule has 3 N–H and O–H groups in total. The Morgan fingerprint density at radius 2 is 0.641 bits per heavy atom. The van der Waals surface area contributed by atoms with Crippen LogP contribution in [0, 0.1) is 17.8 Å². The number of carbonyl (C=O) groups is 4. The summed E-state index contributed by atoms with van der Waals surface area (Å²) in [6.07, 6.45) is 50.7. The van der Waals surface area contributed by atoms with Crippen LogP contribution in [-0.2, 0) is 65.4 Å². The Morgan fingerprint density at radius 1 is 0.359 bits per heavy atom. The monoisotopic (exact) mass is 1350 g/mol. The summed E-state index contributed by atoms with van der Waals surface area (Å²) in [5.41, 5.74) is 0. The molecule has 92 heavy (non-hydrogen) atoms. The fourth-order valence-corrected chi connectivity index (χ4v) is 12.0. The predicted molar refractivity (Wildman–Crippen MR) is 372 cm³/mol. The van der Waals surface area contributed by atoms with Crippen LogP contribution >= 0.6 is 15.6 Å². The van der Waals surface area contributed by atoms with Gasteiger partial charge in [0.15, 0.2) is 12.2 Å². The number of carbonyl (C=O) groups excluding carboxylic acids is 4. The van der Waals surface area contributed by atoms with Crippen molar-refractivity contribution < 1.29 is 80.2 Å². The molecule has 0 saturated heterocycles. The van der Waals surface area contributed by atoms with Crippen molar-refractivity contribution >= 4 is 39.5 Å².